The zero-order valence-corrected chi connectivity index (χ0v) is 10.7. The van der Waals surface area contributed by atoms with Crippen molar-refractivity contribution in [1.82, 2.24) is 15.1 Å². The molecular weight excluding hydrogens is 267 g/mol. The summed E-state index contributed by atoms with van der Waals surface area (Å²) in [5, 5.41) is 6.98. The molecule has 0 atom stereocenters. The molecule has 3 nitrogen and oxygen atoms in total. The van der Waals surface area contributed by atoms with E-state index in [4.69, 9.17) is 0 Å². The van der Waals surface area contributed by atoms with Gasteiger partial charge in [-0.1, -0.05) is 24.8 Å². The van der Waals surface area contributed by atoms with E-state index in [0.717, 1.165) is 11.6 Å². The smallest absolute Gasteiger partial charge is 0.308 e. The van der Waals surface area contributed by atoms with Gasteiger partial charge >= 0.3 is 6.18 Å². The summed E-state index contributed by atoms with van der Waals surface area (Å²) in [5.74, 6) is 0. The maximum atomic E-state index is 12.8. The van der Waals surface area contributed by atoms with E-state index >= 15 is 0 Å². The minimum Gasteiger partial charge on any atom is -0.308 e. The molecule has 0 bridgehead atoms. The number of alkyl halides is 3. The van der Waals surface area contributed by atoms with Crippen molar-refractivity contribution in [3.05, 3.63) is 59.9 Å². The van der Waals surface area contributed by atoms with Crippen LogP contribution in [0.1, 0.15) is 16.7 Å². The SMILES string of the molecule is C=Cn1cc(CNCc2ccccc2C(F)(F)F)cn1. The van der Waals surface area contributed by atoms with Gasteiger partial charge in [0.1, 0.15) is 0 Å². The quantitative estimate of drug-likeness (QED) is 0.911. The second-order valence-corrected chi connectivity index (χ2v) is 4.27. The first kappa shape index (κ1) is 14.3. The van der Waals surface area contributed by atoms with Crippen LogP contribution in [0.4, 0.5) is 13.2 Å². The first-order chi connectivity index (χ1) is 9.50. The fraction of sp³-hybridized carbons (Fsp3) is 0.214. The molecule has 0 fully saturated rings. The van der Waals surface area contributed by atoms with Crippen molar-refractivity contribution in [2.24, 2.45) is 0 Å². The molecule has 1 heterocycles. The van der Waals surface area contributed by atoms with Crippen LogP contribution >= 0.6 is 0 Å². The van der Waals surface area contributed by atoms with Gasteiger partial charge in [0.2, 0.25) is 0 Å². The fourth-order valence-corrected chi connectivity index (χ4v) is 1.86. The Labute approximate surface area is 114 Å². The van der Waals surface area contributed by atoms with E-state index in [2.05, 4.69) is 17.0 Å². The Morgan fingerprint density at radius 1 is 1.25 bits per heavy atom. The van der Waals surface area contributed by atoms with Gasteiger partial charge in [-0.05, 0) is 11.6 Å². The molecule has 0 aliphatic heterocycles. The summed E-state index contributed by atoms with van der Waals surface area (Å²) < 4.78 is 39.9. The van der Waals surface area contributed by atoms with Gasteiger partial charge in [0.15, 0.2) is 0 Å². The zero-order valence-electron chi connectivity index (χ0n) is 10.7. The molecule has 20 heavy (non-hydrogen) atoms. The summed E-state index contributed by atoms with van der Waals surface area (Å²) >= 11 is 0. The number of nitrogens with zero attached hydrogens (tertiary/aromatic N) is 2. The van der Waals surface area contributed by atoms with Crippen LogP contribution in [0.3, 0.4) is 0 Å². The molecular formula is C14H14F3N3. The molecule has 6 heteroatoms. The van der Waals surface area contributed by atoms with Crippen molar-refractivity contribution < 1.29 is 13.2 Å². The monoisotopic (exact) mass is 281 g/mol. The van der Waals surface area contributed by atoms with E-state index < -0.39 is 11.7 Å². The van der Waals surface area contributed by atoms with E-state index in [1.54, 1.807) is 29.3 Å². The highest BCUT2D eigenvalue weighted by atomic mass is 19.4. The number of halogens is 3. The van der Waals surface area contributed by atoms with Crippen molar-refractivity contribution in [2.45, 2.75) is 19.3 Å². The van der Waals surface area contributed by atoms with Crippen LogP contribution in [0, 0.1) is 0 Å². The van der Waals surface area contributed by atoms with Crippen LogP contribution in [0.15, 0.2) is 43.2 Å². The number of benzene rings is 1. The highest BCUT2D eigenvalue weighted by Gasteiger charge is 2.32. The Morgan fingerprint density at radius 2 is 2.00 bits per heavy atom. The van der Waals surface area contributed by atoms with Gasteiger partial charge in [-0.15, -0.1) is 0 Å². The minimum atomic E-state index is -4.33. The summed E-state index contributed by atoms with van der Waals surface area (Å²) in [6, 6.07) is 5.55. The second kappa shape index (κ2) is 5.92. The summed E-state index contributed by atoms with van der Waals surface area (Å²) in [6.07, 6.45) is 0.620. The van der Waals surface area contributed by atoms with E-state index in [9.17, 15) is 13.2 Å². The third kappa shape index (κ3) is 3.48. The molecule has 1 aromatic carbocycles. The normalized spacial score (nSPS) is 11.6. The highest BCUT2D eigenvalue weighted by Crippen LogP contribution is 2.31. The summed E-state index contributed by atoms with van der Waals surface area (Å²) in [5.41, 5.74) is 0.514. The molecule has 1 N–H and O–H groups in total. The van der Waals surface area contributed by atoms with E-state index in [0.29, 0.717) is 6.54 Å². The van der Waals surface area contributed by atoms with E-state index in [1.165, 1.54) is 12.1 Å². The lowest BCUT2D eigenvalue weighted by molar-refractivity contribution is -0.138. The first-order valence-electron chi connectivity index (χ1n) is 6.02. The Bertz CT molecular complexity index is 587. The Balaban J connectivity index is 1.99. The van der Waals surface area contributed by atoms with Crippen LogP contribution < -0.4 is 5.32 Å². The molecule has 0 amide bonds. The standard InChI is InChI=1S/C14H14F3N3/c1-2-20-10-11(8-19-20)7-18-9-12-5-3-4-6-13(12)14(15,16)17/h2-6,8,10,18H,1,7,9H2. The summed E-state index contributed by atoms with van der Waals surface area (Å²) in [4.78, 5) is 0. The van der Waals surface area contributed by atoms with Crippen molar-refractivity contribution in [3.63, 3.8) is 0 Å². The second-order valence-electron chi connectivity index (χ2n) is 4.27. The van der Waals surface area contributed by atoms with Gasteiger partial charge in [-0.25, -0.2) is 4.68 Å². The third-order valence-corrected chi connectivity index (χ3v) is 2.81. The van der Waals surface area contributed by atoms with Gasteiger partial charge in [-0.2, -0.15) is 18.3 Å². The average molecular weight is 281 g/mol. The number of rotatable bonds is 5. The van der Waals surface area contributed by atoms with Gasteiger partial charge in [0.05, 0.1) is 11.8 Å². The van der Waals surface area contributed by atoms with Gasteiger partial charge < -0.3 is 5.32 Å². The van der Waals surface area contributed by atoms with Gasteiger partial charge in [-0.3, -0.25) is 0 Å². The zero-order chi connectivity index (χ0) is 14.6. The predicted octanol–water partition coefficient (Wildman–Crippen LogP) is 3.29. The van der Waals surface area contributed by atoms with Gasteiger partial charge in [0.25, 0.3) is 0 Å². The molecule has 106 valence electrons. The Morgan fingerprint density at radius 3 is 2.65 bits per heavy atom. The maximum Gasteiger partial charge on any atom is 0.416 e. The fourth-order valence-electron chi connectivity index (χ4n) is 1.86. The van der Waals surface area contributed by atoms with Crippen molar-refractivity contribution in [1.29, 1.82) is 0 Å². The Hall–Kier alpha value is -2.08. The first-order valence-corrected chi connectivity index (χ1v) is 6.02. The molecule has 2 rings (SSSR count). The topological polar surface area (TPSA) is 29.9 Å². The van der Waals surface area contributed by atoms with Crippen LogP contribution in [-0.4, -0.2) is 9.78 Å². The largest absolute Gasteiger partial charge is 0.416 e. The van der Waals surface area contributed by atoms with Crippen LogP contribution in [0.25, 0.3) is 6.20 Å². The average Bonchev–Trinajstić information content (AvgIpc) is 2.86. The Kier molecular flexibility index (Phi) is 4.24. The van der Waals surface area contributed by atoms with Crippen LogP contribution in [-0.2, 0) is 19.3 Å². The summed E-state index contributed by atoms with van der Waals surface area (Å²) in [6.45, 7) is 4.16. The number of nitrogens with one attached hydrogen (secondary N) is 1. The van der Waals surface area contributed by atoms with Crippen molar-refractivity contribution in [2.75, 3.05) is 0 Å². The van der Waals surface area contributed by atoms with Crippen LogP contribution in [0.2, 0.25) is 0 Å². The maximum absolute atomic E-state index is 12.8. The van der Waals surface area contributed by atoms with Crippen molar-refractivity contribution in [3.8, 4) is 0 Å². The molecule has 0 aliphatic rings. The molecule has 0 saturated carbocycles. The predicted molar refractivity (Wildman–Crippen MR) is 70.6 cm³/mol. The molecule has 0 radical (unpaired) electrons. The minimum absolute atomic E-state index is 0.148. The number of hydrogen-bond donors (Lipinski definition) is 1. The highest BCUT2D eigenvalue weighted by molar-refractivity contribution is 5.29. The lowest BCUT2D eigenvalue weighted by atomic mass is 10.1. The molecule has 1 aromatic heterocycles. The summed E-state index contributed by atoms with van der Waals surface area (Å²) in [7, 11) is 0. The number of aromatic nitrogens is 2. The van der Waals surface area contributed by atoms with Crippen LogP contribution in [0.5, 0.6) is 0 Å². The van der Waals surface area contributed by atoms with Gasteiger partial charge in [0, 0.05) is 31.0 Å². The molecule has 0 spiro atoms. The molecule has 0 saturated heterocycles. The third-order valence-electron chi connectivity index (χ3n) is 2.81. The lowest BCUT2D eigenvalue weighted by Crippen LogP contribution is -2.17. The molecule has 0 aliphatic carbocycles. The van der Waals surface area contributed by atoms with E-state index in [-0.39, 0.29) is 12.1 Å². The molecule has 0 unspecified atom stereocenters. The molecule has 2 aromatic rings. The lowest BCUT2D eigenvalue weighted by Gasteiger charge is -2.12. The van der Waals surface area contributed by atoms with E-state index in [1.807, 2.05) is 0 Å². The number of hydrogen-bond acceptors (Lipinski definition) is 2. The van der Waals surface area contributed by atoms with Crippen molar-refractivity contribution >= 4 is 6.20 Å².